The number of carbonyl (C=O) groups excluding carboxylic acids is 2. The maximum atomic E-state index is 12.7. The maximum Gasteiger partial charge on any atom is 0.235 e. The summed E-state index contributed by atoms with van der Waals surface area (Å²) in [5.74, 6) is -0.889. The smallest absolute Gasteiger partial charge is 0.235 e. The zero-order chi connectivity index (χ0) is 18.7. The van der Waals surface area contributed by atoms with E-state index in [0.29, 0.717) is 11.4 Å². The number of hydrogen-bond donors (Lipinski definition) is 2. The number of nitrogens with one attached hydrogen (secondary N) is 2. The number of benzene rings is 2. The number of imide groups is 1. The molecule has 3 unspecified atom stereocenters. The molecule has 1 aliphatic heterocycles. The second-order valence-electron chi connectivity index (χ2n) is 7.12. The van der Waals surface area contributed by atoms with E-state index >= 15 is 0 Å². The van der Waals surface area contributed by atoms with Gasteiger partial charge in [0, 0.05) is 27.5 Å². The third-order valence-corrected chi connectivity index (χ3v) is 6.14. The molecule has 0 saturated carbocycles. The van der Waals surface area contributed by atoms with Gasteiger partial charge in [-0.05, 0) is 41.8 Å². The highest BCUT2D eigenvalue weighted by atomic mass is 35.5. The number of amides is 2. The SMILES string of the molecule is COc1ccc2[nH]c3c(c2c1)C1C(=O)NC(=O)C1C(c1ccccc1Cl)C3. The molecule has 2 amide bonds. The average Bonchev–Trinajstić information content (AvgIpc) is 3.17. The summed E-state index contributed by atoms with van der Waals surface area (Å²) >= 11 is 6.43. The van der Waals surface area contributed by atoms with Gasteiger partial charge in [0.15, 0.2) is 0 Å². The molecule has 0 radical (unpaired) electrons. The first-order chi connectivity index (χ1) is 13.1. The summed E-state index contributed by atoms with van der Waals surface area (Å²) in [6.07, 6.45) is 0.623. The molecular formula is C21H17ClN2O3. The lowest BCUT2D eigenvalue weighted by molar-refractivity contribution is -0.126. The Kier molecular flexibility index (Phi) is 3.56. The summed E-state index contributed by atoms with van der Waals surface area (Å²) < 4.78 is 5.35. The number of aromatic amines is 1. The topological polar surface area (TPSA) is 71.2 Å². The van der Waals surface area contributed by atoms with Gasteiger partial charge in [-0.3, -0.25) is 14.9 Å². The molecule has 1 aliphatic carbocycles. The standard InChI is InChI=1S/C21H17ClN2O3/c1-27-10-6-7-15-13(8-10)17-16(23-15)9-12(11-4-2-3-5-14(11)22)18-19(17)21(26)24-20(18)25/h2-8,12,18-19,23H,9H2,1H3,(H,24,25,26). The zero-order valence-corrected chi connectivity index (χ0v) is 15.3. The lowest BCUT2D eigenvalue weighted by Crippen LogP contribution is -2.31. The molecule has 3 aromatic rings. The van der Waals surface area contributed by atoms with Crippen LogP contribution in [0.4, 0.5) is 0 Å². The fraction of sp³-hybridized carbons (Fsp3) is 0.238. The number of ether oxygens (including phenoxy) is 1. The minimum atomic E-state index is -0.525. The molecule has 1 aromatic heterocycles. The van der Waals surface area contributed by atoms with Crippen molar-refractivity contribution in [3.8, 4) is 5.75 Å². The van der Waals surface area contributed by atoms with Crippen LogP contribution in [-0.2, 0) is 16.0 Å². The van der Waals surface area contributed by atoms with Gasteiger partial charge in [-0.2, -0.15) is 0 Å². The number of H-pyrrole nitrogens is 1. The number of fused-ring (bicyclic) bond motifs is 5. The second-order valence-corrected chi connectivity index (χ2v) is 7.53. The molecule has 2 heterocycles. The van der Waals surface area contributed by atoms with Crippen molar-refractivity contribution in [3.05, 3.63) is 64.3 Å². The average molecular weight is 381 g/mol. The normalized spacial score (nSPS) is 23.9. The number of methoxy groups -OCH3 is 1. The van der Waals surface area contributed by atoms with Crippen molar-refractivity contribution >= 4 is 34.3 Å². The van der Waals surface area contributed by atoms with Crippen LogP contribution in [0.5, 0.6) is 5.75 Å². The second kappa shape index (κ2) is 5.86. The number of hydrogen-bond acceptors (Lipinski definition) is 3. The first kappa shape index (κ1) is 16.4. The summed E-state index contributed by atoms with van der Waals surface area (Å²) in [7, 11) is 1.61. The third kappa shape index (κ3) is 2.31. The van der Waals surface area contributed by atoms with Gasteiger partial charge in [-0.25, -0.2) is 0 Å². The van der Waals surface area contributed by atoms with Crippen LogP contribution in [0.15, 0.2) is 42.5 Å². The molecule has 27 heavy (non-hydrogen) atoms. The number of aromatic nitrogens is 1. The van der Waals surface area contributed by atoms with Gasteiger partial charge in [0.1, 0.15) is 5.75 Å². The Balaban J connectivity index is 1.74. The van der Waals surface area contributed by atoms with Crippen LogP contribution in [-0.4, -0.2) is 23.9 Å². The fourth-order valence-corrected chi connectivity index (χ4v) is 4.92. The first-order valence-corrected chi connectivity index (χ1v) is 9.24. The summed E-state index contributed by atoms with van der Waals surface area (Å²) in [6, 6.07) is 13.3. The largest absolute Gasteiger partial charge is 0.497 e. The Morgan fingerprint density at radius 3 is 2.70 bits per heavy atom. The molecule has 0 spiro atoms. The zero-order valence-electron chi connectivity index (χ0n) is 14.6. The summed E-state index contributed by atoms with van der Waals surface area (Å²) in [5, 5.41) is 4.09. The quantitative estimate of drug-likeness (QED) is 0.668. The fourth-order valence-electron chi connectivity index (χ4n) is 4.64. The molecule has 2 aliphatic rings. The summed E-state index contributed by atoms with van der Waals surface area (Å²) in [5.41, 5.74) is 3.72. The van der Waals surface area contributed by atoms with Crippen LogP contribution >= 0.6 is 11.6 Å². The van der Waals surface area contributed by atoms with E-state index in [4.69, 9.17) is 16.3 Å². The minimum Gasteiger partial charge on any atom is -0.497 e. The van der Waals surface area contributed by atoms with E-state index < -0.39 is 11.8 Å². The van der Waals surface area contributed by atoms with Crippen LogP contribution in [0.1, 0.15) is 28.7 Å². The van der Waals surface area contributed by atoms with Gasteiger partial charge < -0.3 is 9.72 Å². The molecule has 5 rings (SSSR count). The van der Waals surface area contributed by atoms with E-state index in [2.05, 4.69) is 10.3 Å². The van der Waals surface area contributed by atoms with E-state index in [1.54, 1.807) is 7.11 Å². The molecule has 3 atom stereocenters. The first-order valence-electron chi connectivity index (χ1n) is 8.86. The lowest BCUT2D eigenvalue weighted by atomic mass is 9.69. The molecule has 2 aromatic carbocycles. The third-order valence-electron chi connectivity index (χ3n) is 5.79. The van der Waals surface area contributed by atoms with Crippen LogP contribution in [0.25, 0.3) is 10.9 Å². The maximum absolute atomic E-state index is 12.7. The molecule has 2 N–H and O–H groups in total. The van der Waals surface area contributed by atoms with Gasteiger partial charge in [-0.15, -0.1) is 0 Å². The van der Waals surface area contributed by atoms with Crippen LogP contribution < -0.4 is 10.1 Å². The van der Waals surface area contributed by atoms with E-state index in [0.717, 1.165) is 33.5 Å². The Morgan fingerprint density at radius 1 is 1.11 bits per heavy atom. The van der Waals surface area contributed by atoms with Crippen molar-refractivity contribution in [2.75, 3.05) is 7.11 Å². The van der Waals surface area contributed by atoms with Crippen LogP contribution in [0, 0.1) is 5.92 Å². The molecular weight excluding hydrogens is 364 g/mol. The highest BCUT2D eigenvalue weighted by Gasteiger charge is 2.52. The van der Waals surface area contributed by atoms with E-state index in [-0.39, 0.29) is 17.7 Å². The number of carbonyl (C=O) groups is 2. The Labute approximate surface area is 160 Å². The van der Waals surface area contributed by atoms with Gasteiger partial charge in [0.25, 0.3) is 0 Å². The van der Waals surface area contributed by atoms with Gasteiger partial charge in [-0.1, -0.05) is 29.8 Å². The van der Waals surface area contributed by atoms with Crippen LogP contribution in [0.2, 0.25) is 5.02 Å². The Hall–Kier alpha value is -2.79. The highest BCUT2D eigenvalue weighted by Crippen LogP contribution is 2.50. The minimum absolute atomic E-state index is 0.155. The van der Waals surface area contributed by atoms with Crippen molar-refractivity contribution in [2.24, 2.45) is 5.92 Å². The molecule has 1 fully saturated rings. The summed E-state index contributed by atoms with van der Waals surface area (Å²) in [4.78, 5) is 28.9. The predicted molar refractivity (Wildman–Crippen MR) is 102 cm³/mol. The van der Waals surface area contributed by atoms with Crippen LogP contribution in [0.3, 0.4) is 0 Å². The van der Waals surface area contributed by atoms with Gasteiger partial charge in [0.05, 0.1) is 18.9 Å². The predicted octanol–water partition coefficient (Wildman–Crippen LogP) is 3.53. The molecule has 6 heteroatoms. The van der Waals surface area contributed by atoms with Gasteiger partial charge in [0.2, 0.25) is 11.8 Å². The molecule has 1 saturated heterocycles. The van der Waals surface area contributed by atoms with Crippen molar-refractivity contribution in [1.29, 1.82) is 0 Å². The monoisotopic (exact) mass is 380 g/mol. The number of rotatable bonds is 2. The van der Waals surface area contributed by atoms with Crippen molar-refractivity contribution in [1.82, 2.24) is 10.3 Å². The van der Waals surface area contributed by atoms with Crippen molar-refractivity contribution in [2.45, 2.75) is 18.3 Å². The van der Waals surface area contributed by atoms with Crippen molar-refractivity contribution in [3.63, 3.8) is 0 Å². The van der Waals surface area contributed by atoms with E-state index in [9.17, 15) is 9.59 Å². The highest BCUT2D eigenvalue weighted by molar-refractivity contribution is 6.31. The van der Waals surface area contributed by atoms with Gasteiger partial charge >= 0.3 is 0 Å². The Morgan fingerprint density at radius 2 is 1.93 bits per heavy atom. The van der Waals surface area contributed by atoms with E-state index in [1.165, 1.54) is 0 Å². The van der Waals surface area contributed by atoms with E-state index in [1.807, 2.05) is 42.5 Å². The Bertz CT molecular complexity index is 1100. The lowest BCUT2D eigenvalue weighted by Gasteiger charge is -2.31. The van der Waals surface area contributed by atoms with Crippen molar-refractivity contribution < 1.29 is 14.3 Å². The number of halogens is 1. The molecule has 136 valence electrons. The molecule has 5 nitrogen and oxygen atoms in total. The molecule has 0 bridgehead atoms. The summed E-state index contributed by atoms with van der Waals surface area (Å²) in [6.45, 7) is 0.